The average Bonchev–Trinajstić information content (AvgIpc) is 2.61. The molecule has 0 spiro atoms. The summed E-state index contributed by atoms with van der Waals surface area (Å²) < 4.78 is 0. The van der Waals surface area contributed by atoms with Gasteiger partial charge >= 0.3 is 0 Å². The molecule has 0 bridgehead atoms. The molecule has 0 aliphatic rings. The summed E-state index contributed by atoms with van der Waals surface area (Å²) in [5, 5.41) is 11.7. The Morgan fingerprint density at radius 2 is 1.87 bits per heavy atom. The average molecular weight is 324 g/mol. The summed E-state index contributed by atoms with van der Waals surface area (Å²) in [5.41, 5.74) is 1.87. The number of thioether (sulfide) groups is 1. The highest BCUT2D eigenvalue weighted by Crippen LogP contribution is 2.23. The molecule has 23 heavy (non-hydrogen) atoms. The Morgan fingerprint density at radius 1 is 1.17 bits per heavy atom. The minimum absolute atomic E-state index is 0.0829. The lowest BCUT2D eigenvalue weighted by atomic mass is 9.96. The van der Waals surface area contributed by atoms with Gasteiger partial charge in [-0.2, -0.15) is 5.26 Å². The van der Waals surface area contributed by atoms with E-state index in [1.54, 1.807) is 6.07 Å². The third-order valence-electron chi connectivity index (χ3n) is 3.70. The van der Waals surface area contributed by atoms with Gasteiger partial charge in [0.05, 0.1) is 17.4 Å². The van der Waals surface area contributed by atoms with E-state index >= 15 is 0 Å². The Balaban J connectivity index is 2.03. The Labute approximate surface area is 141 Å². The topological polar surface area (TPSA) is 52.9 Å². The summed E-state index contributed by atoms with van der Waals surface area (Å²) in [6.07, 6.45) is 0.967. The van der Waals surface area contributed by atoms with E-state index < -0.39 is 0 Å². The van der Waals surface area contributed by atoms with Gasteiger partial charge in [-0.1, -0.05) is 49.4 Å². The largest absolute Gasteiger partial charge is 0.351 e. The predicted molar refractivity (Wildman–Crippen MR) is 94.6 cm³/mol. The van der Waals surface area contributed by atoms with Gasteiger partial charge in [-0.05, 0) is 24.1 Å². The number of nitrogens with zero attached hydrogens (tertiary/aromatic N) is 1. The number of hydrogen-bond donors (Lipinski definition) is 1. The number of carbonyl (C=O) groups excluding carboxylic acids is 1. The number of hydrogen-bond acceptors (Lipinski definition) is 3. The molecule has 2 rings (SSSR count). The maximum absolute atomic E-state index is 12.5. The van der Waals surface area contributed by atoms with Crippen LogP contribution in [0, 0.1) is 11.3 Å². The van der Waals surface area contributed by atoms with E-state index in [1.165, 1.54) is 17.3 Å². The van der Waals surface area contributed by atoms with Gasteiger partial charge in [0.1, 0.15) is 0 Å². The molecule has 1 amide bonds. The highest BCUT2D eigenvalue weighted by Gasteiger charge is 2.14. The fourth-order valence-electron chi connectivity index (χ4n) is 2.42. The lowest BCUT2D eigenvalue weighted by Gasteiger charge is -2.17. The lowest BCUT2D eigenvalue weighted by molar-refractivity contribution is 0.0948. The van der Waals surface area contributed by atoms with E-state index in [4.69, 9.17) is 5.26 Å². The van der Waals surface area contributed by atoms with Crippen LogP contribution in [0.4, 0.5) is 0 Å². The van der Waals surface area contributed by atoms with Gasteiger partial charge in [-0.3, -0.25) is 4.79 Å². The molecule has 1 N–H and O–H groups in total. The summed E-state index contributed by atoms with van der Waals surface area (Å²) >= 11 is 1.39. The van der Waals surface area contributed by atoms with Crippen molar-refractivity contribution in [2.45, 2.75) is 24.2 Å². The van der Waals surface area contributed by atoms with E-state index in [1.807, 2.05) is 36.4 Å². The first-order valence-electron chi connectivity index (χ1n) is 7.68. The molecule has 0 radical (unpaired) electrons. The molecule has 1 atom stereocenters. The van der Waals surface area contributed by atoms with Crippen LogP contribution in [0.2, 0.25) is 0 Å². The van der Waals surface area contributed by atoms with Gasteiger partial charge in [0.15, 0.2) is 0 Å². The van der Waals surface area contributed by atoms with Crippen molar-refractivity contribution in [3.05, 3.63) is 65.7 Å². The first kappa shape index (κ1) is 17.1. The standard InChI is InChI=1S/C19H20N2OS/c1-2-15(16-8-4-3-5-9-16)14-21-19(22)17-10-6-7-11-18(17)23-13-12-20/h3-11,15H,2,13-14H2,1H3,(H,21,22). The van der Waals surface area contributed by atoms with Crippen LogP contribution in [-0.2, 0) is 0 Å². The summed E-state index contributed by atoms with van der Waals surface area (Å²) in [4.78, 5) is 13.3. The molecule has 0 fully saturated rings. The van der Waals surface area contributed by atoms with Crippen molar-refractivity contribution in [3.63, 3.8) is 0 Å². The number of carbonyl (C=O) groups is 1. The zero-order valence-electron chi connectivity index (χ0n) is 13.2. The molecule has 2 aromatic rings. The van der Waals surface area contributed by atoms with E-state index in [-0.39, 0.29) is 5.91 Å². The Morgan fingerprint density at radius 3 is 2.57 bits per heavy atom. The van der Waals surface area contributed by atoms with Crippen LogP contribution in [0.1, 0.15) is 35.2 Å². The fourth-order valence-corrected chi connectivity index (χ4v) is 3.14. The minimum atomic E-state index is -0.0829. The van der Waals surface area contributed by atoms with Crippen LogP contribution in [-0.4, -0.2) is 18.2 Å². The second-order valence-corrected chi connectivity index (χ2v) is 6.19. The number of rotatable bonds is 7. The molecule has 3 nitrogen and oxygen atoms in total. The number of nitrogens with one attached hydrogen (secondary N) is 1. The monoisotopic (exact) mass is 324 g/mol. The van der Waals surface area contributed by atoms with E-state index in [9.17, 15) is 4.79 Å². The van der Waals surface area contributed by atoms with Crippen molar-refractivity contribution in [2.75, 3.05) is 12.3 Å². The number of benzene rings is 2. The van der Waals surface area contributed by atoms with Crippen molar-refractivity contribution in [1.29, 1.82) is 5.26 Å². The van der Waals surface area contributed by atoms with Crippen LogP contribution in [0.5, 0.6) is 0 Å². The molecule has 0 saturated heterocycles. The number of nitriles is 1. The smallest absolute Gasteiger partial charge is 0.252 e. The summed E-state index contributed by atoms with van der Waals surface area (Å²) in [6, 6.07) is 19.7. The van der Waals surface area contributed by atoms with Crippen LogP contribution in [0.3, 0.4) is 0 Å². The van der Waals surface area contributed by atoms with Crippen molar-refractivity contribution in [1.82, 2.24) is 5.32 Å². The van der Waals surface area contributed by atoms with E-state index in [0.717, 1.165) is 11.3 Å². The van der Waals surface area contributed by atoms with Crippen molar-refractivity contribution in [3.8, 4) is 6.07 Å². The summed E-state index contributed by atoms with van der Waals surface area (Å²) in [7, 11) is 0. The zero-order valence-corrected chi connectivity index (χ0v) is 14.0. The van der Waals surface area contributed by atoms with Crippen molar-refractivity contribution in [2.24, 2.45) is 0 Å². The van der Waals surface area contributed by atoms with Gasteiger partial charge in [0.25, 0.3) is 5.91 Å². The Bertz CT molecular complexity index is 679. The third-order valence-corrected chi connectivity index (χ3v) is 4.64. The lowest BCUT2D eigenvalue weighted by Crippen LogP contribution is -2.28. The van der Waals surface area contributed by atoms with Crippen LogP contribution in [0.15, 0.2) is 59.5 Å². The van der Waals surface area contributed by atoms with Crippen molar-refractivity contribution >= 4 is 17.7 Å². The first-order valence-corrected chi connectivity index (χ1v) is 8.66. The summed E-state index contributed by atoms with van der Waals surface area (Å²) in [6.45, 7) is 2.73. The molecule has 0 aromatic heterocycles. The Hall–Kier alpha value is -2.25. The highest BCUT2D eigenvalue weighted by atomic mass is 32.2. The molecular formula is C19H20N2OS. The van der Waals surface area contributed by atoms with Gasteiger partial charge in [-0.25, -0.2) is 0 Å². The predicted octanol–water partition coefficient (Wildman–Crippen LogP) is 4.23. The third kappa shape index (κ3) is 4.87. The van der Waals surface area contributed by atoms with E-state index in [2.05, 4.69) is 30.4 Å². The molecule has 4 heteroatoms. The SMILES string of the molecule is CCC(CNC(=O)c1ccccc1SCC#N)c1ccccc1. The minimum Gasteiger partial charge on any atom is -0.351 e. The second kappa shape index (κ2) is 9.02. The molecule has 0 heterocycles. The first-order chi connectivity index (χ1) is 11.3. The zero-order chi connectivity index (χ0) is 16.5. The summed E-state index contributed by atoms with van der Waals surface area (Å²) in [5.74, 6) is 0.561. The molecular weight excluding hydrogens is 304 g/mol. The van der Waals surface area contributed by atoms with Crippen LogP contribution in [0.25, 0.3) is 0 Å². The quantitative estimate of drug-likeness (QED) is 0.776. The molecule has 1 unspecified atom stereocenters. The normalized spacial score (nSPS) is 11.5. The van der Waals surface area contributed by atoms with E-state index in [0.29, 0.717) is 23.8 Å². The van der Waals surface area contributed by atoms with Gasteiger partial charge < -0.3 is 5.32 Å². The Kier molecular flexibility index (Phi) is 6.71. The van der Waals surface area contributed by atoms with Gasteiger partial charge in [0.2, 0.25) is 0 Å². The highest BCUT2D eigenvalue weighted by molar-refractivity contribution is 7.99. The van der Waals surface area contributed by atoms with Gasteiger partial charge in [-0.15, -0.1) is 11.8 Å². The molecule has 2 aromatic carbocycles. The van der Waals surface area contributed by atoms with Crippen LogP contribution < -0.4 is 5.32 Å². The van der Waals surface area contributed by atoms with Gasteiger partial charge in [0, 0.05) is 17.4 Å². The maximum atomic E-state index is 12.5. The number of amides is 1. The molecule has 0 saturated carbocycles. The molecule has 118 valence electrons. The fraction of sp³-hybridized carbons (Fsp3) is 0.263. The van der Waals surface area contributed by atoms with Crippen LogP contribution >= 0.6 is 11.8 Å². The molecule has 0 aliphatic carbocycles. The maximum Gasteiger partial charge on any atom is 0.252 e. The second-order valence-electron chi connectivity index (χ2n) is 5.17. The van der Waals surface area contributed by atoms with Crippen molar-refractivity contribution < 1.29 is 4.79 Å². The molecule has 0 aliphatic heterocycles.